The minimum Gasteiger partial charge on any atom is -0.444 e. The lowest BCUT2D eigenvalue weighted by molar-refractivity contribution is 0.0240. The van der Waals surface area contributed by atoms with Crippen LogP contribution in [0.2, 0.25) is 0 Å². The van der Waals surface area contributed by atoms with Crippen LogP contribution in [0.3, 0.4) is 0 Å². The molecule has 5 aromatic rings. The van der Waals surface area contributed by atoms with Crippen LogP contribution in [0.25, 0.3) is 0 Å². The first-order valence-corrected chi connectivity index (χ1v) is 28.1. The first-order valence-electron chi connectivity index (χ1n) is 22.2. The second-order valence-electron chi connectivity index (χ2n) is 17.9. The van der Waals surface area contributed by atoms with E-state index < -0.39 is 45.7 Å². The molecule has 7 rings (SSSR count). The molecule has 0 unspecified atom stereocenters. The molecule has 372 valence electrons. The van der Waals surface area contributed by atoms with Crippen LogP contribution in [0.15, 0.2) is 147 Å². The monoisotopic (exact) mass is 1020 g/mol. The average Bonchev–Trinajstić information content (AvgIpc) is 3.32. The van der Waals surface area contributed by atoms with Crippen molar-refractivity contribution in [2.45, 2.75) is 64.7 Å². The van der Waals surface area contributed by atoms with E-state index in [1.54, 1.807) is 29.2 Å². The van der Waals surface area contributed by atoms with Crippen molar-refractivity contribution in [3.05, 3.63) is 133 Å². The number of hydrogen-bond donors (Lipinski definition) is 2. The normalized spacial score (nSPS) is 15.3. The van der Waals surface area contributed by atoms with Gasteiger partial charge in [0.05, 0.1) is 42.3 Å². The molecule has 0 radical (unpaired) electrons. The fourth-order valence-corrected chi connectivity index (χ4v) is 11.7. The number of amides is 1. The van der Waals surface area contributed by atoms with Gasteiger partial charge in [-0.05, 0) is 118 Å². The third kappa shape index (κ3) is 13.1. The van der Waals surface area contributed by atoms with Crippen molar-refractivity contribution in [3.8, 4) is 0 Å². The Bertz CT molecular complexity index is 3010. The number of nitrogens with one attached hydrogen (secondary N) is 2. The Kier molecular flexibility index (Phi) is 16.4. The lowest BCUT2D eigenvalue weighted by Gasteiger charge is -2.37. The summed E-state index contributed by atoms with van der Waals surface area (Å²) in [6.07, 6.45) is 1.62. The molecule has 2 heterocycles. The number of carbonyl (C=O) groups is 1. The van der Waals surface area contributed by atoms with Crippen molar-refractivity contribution < 1.29 is 43.2 Å². The van der Waals surface area contributed by atoms with E-state index in [9.17, 15) is 38.5 Å². The first kappa shape index (κ1) is 52.7. The molecular weight excluding hydrogens is 963 g/mol. The fraction of sp³-hybridized carbons (Fsp3) is 0.354. The van der Waals surface area contributed by atoms with Gasteiger partial charge in [-0.15, -0.1) is 0 Å². The van der Waals surface area contributed by atoms with E-state index in [4.69, 9.17) is 4.74 Å². The van der Waals surface area contributed by atoms with Crippen LogP contribution < -0.4 is 19.2 Å². The topological polar surface area (TPSA) is 203 Å². The molecule has 0 spiro atoms. The molecule has 2 N–H and O–H groups in total. The van der Waals surface area contributed by atoms with E-state index in [2.05, 4.69) is 38.6 Å². The molecule has 21 heteroatoms. The summed E-state index contributed by atoms with van der Waals surface area (Å²) in [7, 11) is -9.48. The summed E-state index contributed by atoms with van der Waals surface area (Å²) in [6.45, 7) is 9.01. The quantitative estimate of drug-likeness (QED) is 0.124. The molecule has 5 aromatic carbocycles. The van der Waals surface area contributed by atoms with Crippen LogP contribution in [0.4, 0.5) is 27.5 Å². The smallest absolute Gasteiger partial charge is 0.410 e. The molecule has 69 heavy (non-hydrogen) atoms. The summed E-state index contributed by atoms with van der Waals surface area (Å²) in [6, 6.07) is 35.2. The van der Waals surface area contributed by atoms with E-state index in [0.29, 0.717) is 49.2 Å². The Balaban J connectivity index is 0.000000227. The second kappa shape index (κ2) is 21.5. The van der Waals surface area contributed by atoms with Gasteiger partial charge in [-0.2, -0.15) is 0 Å². The van der Waals surface area contributed by atoms with Gasteiger partial charge in [0.25, 0.3) is 20.0 Å². The molecule has 2 aliphatic rings. The number of piperazine rings is 1. The summed E-state index contributed by atoms with van der Waals surface area (Å²) in [5, 5.41) is 0. The van der Waals surface area contributed by atoms with Crippen LogP contribution in [0.1, 0.15) is 45.1 Å². The summed E-state index contributed by atoms with van der Waals surface area (Å²) in [4.78, 5) is 18.2. The third-order valence-electron chi connectivity index (χ3n) is 11.5. The van der Waals surface area contributed by atoms with E-state index in [1.807, 2.05) is 56.0 Å². The predicted octanol–water partition coefficient (Wildman–Crippen LogP) is 6.92. The number of rotatable bonds is 13. The van der Waals surface area contributed by atoms with Crippen molar-refractivity contribution in [1.29, 1.82) is 0 Å². The summed E-state index contributed by atoms with van der Waals surface area (Å²) < 4.78 is 114. The molecule has 0 aromatic heterocycles. The Morgan fingerprint density at radius 1 is 0.507 bits per heavy atom. The van der Waals surface area contributed by atoms with Crippen LogP contribution in [0.5, 0.6) is 0 Å². The van der Waals surface area contributed by atoms with Crippen molar-refractivity contribution in [3.63, 3.8) is 0 Å². The highest BCUT2D eigenvalue weighted by Crippen LogP contribution is 2.35. The number of sulfonamides is 4. The molecule has 0 aliphatic carbocycles. The Morgan fingerprint density at radius 3 is 1.26 bits per heavy atom. The highest BCUT2D eigenvalue weighted by molar-refractivity contribution is 7.93. The Hall–Kier alpha value is -5.71. The third-order valence-corrected chi connectivity index (χ3v) is 17.9. The van der Waals surface area contributed by atoms with E-state index in [0.717, 1.165) is 40.2 Å². The largest absolute Gasteiger partial charge is 0.444 e. The number of ether oxygens (including phenoxy) is 1. The zero-order chi connectivity index (χ0) is 50.4. The van der Waals surface area contributed by atoms with Gasteiger partial charge in [0.15, 0.2) is 0 Å². The maximum atomic E-state index is 13.1. The van der Waals surface area contributed by atoms with Crippen LogP contribution >= 0.6 is 0 Å². The fourth-order valence-electron chi connectivity index (χ4n) is 7.72. The van der Waals surface area contributed by atoms with Crippen LogP contribution in [0, 0.1) is 0 Å². The van der Waals surface area contributed by atoms with Crippen molar-refractivity contribution in [1.82, 2.24) is 13.5 Å². The van der Waals surface area contributed by atoms with Gasteiger partial charge in [0, 0.05) is 67.5 Å². The first-order chi connectivity index (χ1) is 32.4. The maximum absolute atomic E-state index is 13.1. The van der Waals surface area contributed by atoms with Crippen LogP contribution in [-0.4, -0.2) is 126 Å². The zero-order valence-electron chi connectivity index (χ0n) is 39.8. The van der Waals surface area contributed by atoms with E-state index >= 15 is 0 Å². The lowest BCUT2D eigenvalue weighted by Crippen LogP contribution is -2.50. The molecule has 17 nitrogen and oxygen atoms in total. The minimum atomic E-state index is -3.97. The SMILES string of the molecule is CN(C)S(=O)(=O)c1ccc(S(=O)(=O)Nc2ccccc2N2CCC(c3ccccc3)CC2)cc1.CN(C)S(=O)(=O)c1ccc(S(=O)(=O)Nc2ccccc2N2CCN(C(=O)OC(C)(C)C)CC2)cc1. The Labute approximate surface area is 407 Å². The second-order valence-corrected chi connectivity index (χ2v) is 25.6. The van der Waals surface area contributed by atoms with Crippen molar-refractivity contribution >= 4 is 68.9 Å². The van der Waals surface area contributed by atoms with Gasteiger partial charge in [-0.1, -0.05) is 54.6 Å². The minimum absolute atomic E-state index is 0.00259. The molecule has 1 amide bonds. The summed E-state index contributed by atoms with van der Waals surface area (Å²) in [5.74, 6) is 0.498. The van der Waals surface area contributed by atoms with Gasteiger partial charge >= 0.3 is 6.09 Å². The lowest BCUT2D eigenvalue weighted by atomic mass is 9.89. The standard InChI is InChI=1S/C25H29N3O4S2.C23H32N4O6S2/c1-27(2)34(31,32)23-14-12-22(13-15-23)33(29,30)26-24-10-6-7-11-25(24)28-18-16-21(17-19-28)20-8-4-3-5-9-20;1-23(2,3)33-22(28)27-16-14-26(15-17-27)21-9-7-6-8-20(21)24-34(29,30)18-10-12-19(13-11-18)35(31,32)25(4)5/h3-15,21,26H,16-19H2,1-2H3;6-13,24H,14-17H2,1-5H3. The number of nitrogens with zero attached hydrogens (tertiary/aromatic N) is 5. The maximum Gasteiger partial charge on any atom is 0.410 e. The highest BCUT2D eigenvalue weighted by Gasteiger charge is 2.29. The zero-order valence-corrected chi connectivity index (χ0v) is 43.1. The Morgan fingerprint density at radius 2 is 0.870 bits per heavy atom. The molecule has 2 saturated heterocycles. The van der Waals surface area contributed by atoms with Gasteiger partial charge in [0.2, 0.25) is 20.0 Å². The molecule has 2 fully saturated rings. The van der Waals surface area contributed by atoms with Crippen molar-refractivity contribution in [2.24, 2.45) is 0 Å². The number of para-hydroxylation sites is 4. The number of carbonyl (C=O) groups excluding carboxylic acids is 1. The van der Waals surface area contributed by atoms with Crippen LogP contribution in [-0.2, 0) is 44.8 Å². The van der Waals surface area contributed by atoms with Gasteiger partial charge < -0.3 is 19.4 Å². The van der Waals surface area contributed by atoms with Gasteiger partial charge in [-0.3, -0.25) is 9.44 Å². The summed E-state index contributed by atoms with van der Waals surface area (Å²) >= 11 is 0. The number of hydrogen-bond acceptors (Lipinski definition) is 12. The number of anilines is 4. The van der Waals surface area contributed by atoms with Crippen molar-refractivity contribution in [2.75, 3.05) is 86.7 Å². The molecule has 0 saturated carbocycles. The molecule has 2 aliphatic heterocycles. The van der Waals surface area contributed by atoms with Gasteiger partial charge in [-0.25, -0.2) is 47.1 Å². The summed E-state index contributed by atoms with van der Waals surface area (Å²) in [5.41, 5.74) is 3.19. The van der Waals surface area contributed by atoms with E-state index in [-0.39, 0.29) is 25.7 Å². The molecule has 0 atom stereocenters. The number of benzene rings is 5. The molecule has 0 bridgehead atoms. The van der Waals surface area contributed by atoms with E-state index in [1.165, 1.54) is 82.3 Å². The van der Waals surface area contributed by atoms with Gasteiger partial charge in [0.1, 0.15) is 5.60 Å². The number of piperidine rings is 1. The average molecular weight is 1020 g/mol. The molecular formula is C48H61N7O10S4. The highest BCUT2D eigenvalue weighted by atomic mass is 32.2. The predicted molar refractivity (Wildman–Crippen MR) is 270 cm³/mol.